The van der Waals surface area contributed by atoms with Crippen LogP contribution in [0.2, 0.25) is 5.02 Å². The van der Waals surface area contributed by atoms with Crippen LogP contribution in [0.15, 0.2) is 12.3 Å². The Balaban J connectivity index is 2.73. The Kier molecular flexibility index (Phi) is 2.57. The number of nitrogens with one attached hydrogen (secondary N) is 1. The van der Waals surface area contributed by atoms with E-state index in [1.54, 1.807) is 19.2 Å². The van der Waals surface area contributed by atoms with Crippen molar-refractivity contribution >= 4 is 28.6 Å². The Morgan fingerprint density at radius 2 is 2.31 bits per heavy atom. The molecule has 5 nitrogen and oxygen atoms in total. The predicted octanol–water partition coefficient (Wildman–Crippen LogP) is 1.64. The maximum Gasteiger partial charge on any atom is 0.337 e. The molecule has 0 aliphatic carbocycles. The molecule has 2 aromatic rings. The van der Waals surface area contributed by atoms with Crippen molar-refractivity contribution in [3.8, 4) is 0 Å². The monoisotopic (exact) mass is 240 g/mol. The highest BCUT2D eigenvalue weighted by Crippen LogP contribution is 2.31. The van der Waals surface area contributed by atoms with Gasteiger partial charge in [-0.25, -0.2) is 9.78 Å². The molecule has 1 atom stereocenters. The molecule has 2 rings (SSSR count). The number of hydrogen-bond donors (Lipinski definition) is 3. The average molecular weight is 241 g/mol. The summed E-state index contributed by atoms with van der Waals surface area (Å²) >= 11 is 6.04. The van der Waals surface area contributed by atoms with Gasteiger partial charge in [0.1, 0.15) is 5.65 Å². The Morgan fingerprint density at radius 1 is 1.62 bits per heavy atom. The average Bonchev–Trinajstić information content (AvgIpc) is 2.65. The number of fused-ring (bicyclic) bond motifs is 1. The van der Waals surface area contributed by atoms with Crippen LogP contribution < -0.4 is 0 Å². The largest absolute Gasteiger partial charge is 0.479 e. The van der Waals surface area contributed by atoms with E-state index in [1.165, 1.54) is 0 Å². The summed E-state index contributed by atoms with van der Waals surface area (Å²) in [6.07, 6.45) is -0.000733. The summed E-state index contributed by atoms with van der Waals surface area (Å²) in [5.74, 6) is -1.35. The van der Waals surface area contributed by atoms with Gasteiger partial charge in [0.25, 0.3) is 0 Å². The Morgan fingerprint density at radius 3 is 2.94 bits per heavy atom. The van der Waals surface area contributed by atoms with Gasteiger partial charge in [0.05, 0.1) is 5.02 Å². The van der Waals surface area contributed by atoms with Crippen molar-refractivity contribution in [3.63, 3.8) is 0 Å². The van der Waals surface area contributed by atoms with E-state index < -0.39 is 12.1 Å². The van der Waals surface area contributed by atoms with E-state index in [2.05, 4.69) is 9.97 Å². The number of aromatic amines is 1. The summed E-state index contributed by atoms with van der Waals surface area (Å²) in [5.41, 5.74) is 1.11. The molecule has 2 aromatic heterocycles. The van der Waals surface area contributed by atoms with Crippen molar-refractivity contribution in [2.24, 2.45) is 0 Å². The highest BCUT2D eigenvalue weighted by atomic mass is 35.5. The summed E-state index contributed by atoms with van der Waals surface area (Å²) in [5, 5.41) is 19.1. The fraction of sp³-hybridized carbons (Fsp3) is 0.200. The van der Waals surface area contributed by atoms with Gasteiger partial charge >= 0.3 is 5.97 Å². The number of nitrogens with zero attached hydrogens (tertiary/aromatic N) is 1. The zero-order chi connectivity index (χ0) is 11.9. The third-order valence-electron chi connectivity index (χ3n) is 2.37. The number of aliphatic hydroxyl groups is 1. The fourth-order valence-electron chi connectivity index (χ4n) is 1.60. The number of carboxylic acids is 1. The molecular formula is C10H9ClN2O3. The molecule has 16 heavy (non-hydrogen) atoms. The summed E-state index contributed by atoms with van der Waals surface area (Å²) in [4.78, 5) is 17.7. The molecule has 2 heterocycles. The molecule has 0 aromatic carbocycles. The van der Waals surface area contributed by atoms with Crippen LogP contribution in [0, 0.1) is 6.92 Å². The van der Waals surface area contributed by atoms with Crippen LogP contribution in [0.4, 0.5) is 0 Å². The standard InChI is InChI=1S/C10H9ClN2O3/c1-4-6(8(14)10(15)16)7(11)5-2-3-12-9(5)13-4/h2-3,8,14H,1H3,(H,12,13)(H,15,16). The topological polar surface area (TPSA) is 86.2 Å². The van der Waals surface area contributed by atoms with E-state index in [4.69, 9.17) is 16.7 Å². The number of halogens is 1. The van der Waals surface area contributed by atoms with Gasteiger partial charge in [-0.1, -0.05) is 11.6 Å². The first-order valence-corrected chi connectivity index (χ1v) is 4.94. The van der Waals surface area contributed by atoms with E-state index in [0.29, 0.717) is 16.7 Å². The van der Waals surface area contributed by atoms with Crippen molar-refractivity contribution in [1.82, 2.24) is 9.97 Å². The number of aliphatic hydroxyl groups excluding tert-OH is 1. The molecule has 0 amide bonds. The number of hydrogen-bond acceptors (Lipinski definition) is 3. The smallest absolute Gasteiger partial charge is 0.337 e. The first kappa shape index (κ1) is 10.9. The van der Waals surface area contributed by atoms with Gasteiger partial charge in [0.2, 0.25) is 0 Å². The maximum absolute atomic E-state index is 10.7. The van der Waals surface area contributed by atoms with Crippen molar-refractivity contribution in [1.29, 1.82) is 0 Å². The Hall–Kier alpha value is -1.59. The number of rotatable bonds is 2. The normalized spacial score (nSPS) is 12.9. The molecule has 3 N–H and O–H groups in total. The lowest BCUT2D eigenvalue weighted by Crippen LogP contribution is -2.13. The minimum Gasteiger partial charge on any atom is -0.479 e. The SMILES string of the molecule is Cc1nc2[nH]ccc2c(Cl)c1C(O)C(=O)O. The van der Waals surface area contributed by atoms with Crippen LogP contribution in [0.25, 0.3) is 11.0 Å². The molecule has 0 saturated heterocycles. The highest BCUT2D eigenvalue weighted by Gasteiger charge is 2.24. The molecule has 84 valence electrons. The second-order valence-electron chi connectivity index (χ2n) is 3.41. The van der Waals surface area contributed by atoms with Crippen molar-refractivity contribution in [2.75, 3.05) is 0 Å². The number of carbonyl (C=O) groups is 1. The quantitative estimate of drug-likeness (QED) is 0.745. The summed E-state index contributed by atoms with van der Waals surface area (Å²) < 4.78 is 0. The van der Waals surface area contributed by atoms with Crippen LogP contribution >= 0.6 is 11.6 Å². The lowest BCUT2D eigenvalue weighted by molar-refractivity contribution is -0.147. The second kappa shape index (κ2) is 3.77. The molecule has 0 fully saturated rings. The lowest BCUT2D eigenvalue weighted by atomic mass is 10.1. The molecule has 1 unspecified atom stereocenters. The molecule has 0 radical (unpaired) electrons. The molecule has 0 aliphatic heterocycles. The van der Waals surface area contributed by atoms with Gasteiger partial charge < -0.3 is 15.2 Å². The third-order valence-corrected chi connectivity index (χ3v) is 2.78. The summed E-state index contributed by atoms with van der Waals surface area (Å²) in [6, 6.07) is 1.68. The molecule has 0 saturated carbocycles. The van der Waals surface area contributed by atoms with E-state index >= 15 is 0 Å². The molecule has 6 heteroatoms. The summed E-state index contributed by atoms with van der Waals surface area (Å²) in [7, 11) is 0. The lowest BCUT2D eigenvalue weighted by Gasteiger charge is -2.11. The summed E-state index contributed by atoms with van der Waals surface area (Å²) in [6.45, 7) is 1.60. The fourth-order valence-corrected chi connectivity index (χ4v) is 2.00. The number of aryl methyl sites for hydroxylation is 1. The minimum atomic E-state index is -1.65. The van der Waals surface area contributed by atoms with E-state index in [9.17, 15) is 9.90 Å². The number of carboxylic acid groups (broad SMARTS) is 1. The van der Waals surface area contributed by atoms with Crippen molar-refractivity contribution in [2.45, 2.75) is 13.0 Å². The molecular weight excluding hydrogens is 232 g/mol. The number of H-pyrrole nitrogens is 1. The number of aromatic nitrogens is 2. The molecule has 0 spiro atoms. The third kappa shape index (κ3) is 1.54. The van der Waals surface area contributed by atoms with Crippen LogP contribution in [-0.4, -0.2) is 26.2 Å². The minimum absolute atomic E-state index is 0.140. The van der Waals surface area contributed by atoms with E-state index in [0.717, 1.165) is 0 Å². The first-order chi connectivity index (χ1) is 7.52. The molecule has 0 aliphatic rings. The zero-order valence-corrected chi connectivity index (χ0v) is 9.12. The Bertz CT molecular complexity index is 564. The second-order valence-corrected chi connectivity index (χ2v) is 3.78. The van der Waals surface area contributed by atoms with E-state index in [-0.39, 0.29) is 10.6 Å². The Labute approximate surface area is 95.7 Å². The van der Waals surface area contributed by atoms with Gasteiger partial charge in [-0.05, 0) is 13.0 Å². The van der Waals surface area contributed by atoms with Crippen molar-refractivity contribution in [3.05, 3.63) is 28.5 Å². The van der Waals surface area contributed by atoms with Crippen LogP contribution in [0.1, 0.15) is 17.4 Å². The van der Waals surface area contributed by atoms with Gasteiger partial charge in [0, 0.05) is 22.8 Å². The predicted molar refractivity (Wildman–Crippen MR) is 58.4 cm³/mol. The van der Waals surface area contributed by atoms with Gasteiger partial charge in [0.15, 0.2) is 6.10 Å². The van der Waals surface area contributed by atoms with Gasteiger partial charge in [-0.15, -0.1) is 0 Å². The highest BCUT2D eigenvalue weighted by molar-refractivity contribution is 6.36. The first-order valence-electron chi connectivity index (χ1n) is 4.56. The zero-order valence-electron chi connectivity index (χ0n) is 8.36. The van der Waals surface area contributed by atoms with Crippen LogP contribution in [-0.2, 0) is 4.79 Å². The van der Waals surface area contributed by atoms with E-state index in [1.807, 2.05) is 0 Å². The van der Waals surface area contributed by atoms with Gasteiger partial charge in [-0.3, -0.25) is 0 Å². The van der Waals surface area contributed by atoms with Crippen LogP contribution in [0.5, 0.6) is 0 Å². The molecule has 0 bridgehead atoms. The maximum atomic E-state index is 10.7. The van der Waals surface area contributed by atoms with Gasteiger partial charge in [-0.2, -0.15) is 0 Å². The number of pyridine rings is 1. The van der Waals surface area contributed by atoms with Crippen LogP contribution in [0.3, 0.4) is 0 Å². The number of aliphatic carboxylic acids is 1. The van der Waals surface area contributed by atoms with Crippen molar-refractivity contribution < 1.29 is 15.0 Å².